The van der Waals surface area contributed by atoms with E-state index in [1.165, 1.54) is 0 Å². The molecule has 5 nitrogen and oxygen atoms in total. The fraction of sp³-hybridized carbons (Fsp3) is 0. The van der Waals surface area contributed by atoms with Crippen molar-refractivity contribution in [2.24, 2.45) is 5.73 Å². The van der Waals surface area contributed by atoms with Crippen molar-refractivity contribution in [3.63, 3.8) is 0 Å². The van der Waals surface area contributed by atoms with Crippen LogP contribution in [0.25, 0.3) is 11.0 Å². The highest BCUT2D eigenvalue weighted by Gasteiger charge is 2.12. The summed E-state index contributed by atoms with van der Waals surface area (Å²) in [7, 11) is 0. The number of amides is 1. The van der Waals surface area contributed by atoms with E-state index >= 15 is 0 Å². The van der Waals surface area contributed by atoms with Gasteiger partial charge >= 0.3 is 0 Å². The van der Waals surface area contributed by atoms with E-state index in [0.29, 0.717) is 11.2 Å². The number of H-pyrrole nitrogens is 1. The molecule has 0 aliphatic rings. The van der Waals surface area contributed by atoms with Crippen molar-refractivity contribution in [2.75, 3.05) is 0 Å². The second-order valence-corrected chi connectivity index (χ2v) is 3.36. The fourth-order valence-corrected chi connectivity index (χ4v) is 1.42. The number of aromatic nitrogens is 2. The van der Waals surface area contributed by atoms with Gasteiger partial charge in [0.2, 0.25) is 0 Å². The minimum Gasteiger partial charge on any atom is -0.376 e. The molecular weight excluding hydrogens is 212 g/mol. The van der Waals surface area contributed by atoms with Gasteiger partial charge in [-0.15, -0.1) is 0 Å². The van der Waals surface area contributed by atoms with E-state index in [4.69, 9.17) is 5.73 Å². The number of fused-ring (bicyclic) bond motifs is 1. The molecule has 0 unspecified atom stereocenters. The Kier molecular flexibility index (Phi) is 2.34. The molecule has 0 saturated carbocycles. The van der Waals surface area contributed by atoms with Gasteiger partial charge in [-0.05, 0) is 24.4 Å². The maximum atomic E-state index is 11.6. The Balaban J connectivity index is 2.44. The Bertz CT molecular complexity index is 534. The third kappa shape index (κ3) is 1.79. The van der Waals surface area contributed by atoms with Crippen LogP contribution in [0.3, 0.4) is 0 Å². The van der Waals surface area contributed by atoms with E-state index in [0.717, 1.165) is 5.39 Å². The zero-order valence-corrected chi connectivity index (χ0v) is 8.47. The Morgan fingerprint density at radius 1 is 1.60 bits per heavy atom. The summed E-state index contributed by atoms with van der Waals surface area (Å²) >= 11 is 4.59. The number of hydrogen-bond donors (Lipinski definition) is 3. The van der Waals surface area contributed by atoms with Crippen molar-refractivity contribution in [2.45, 2.75) is 0 Å². The molecule has 2 heterocycles. The van der Waals surface area contributed by atoms with Gasteiger partial charge in [0.1, 0.15) is 5.65 Å². The zero-order chi connectivity index (χ0) is 10.8. The first-order valence-corrected chi connectivity index (χ1v) is 4.62. The number of thiocarbonyl (C=S) groups is 1. The highest BCUT2D eigenvalue weighted by Crippen LogP contribution is 2.14. The van der Waals surface area contributed by atoms with Crippen LogP contribution in [0.4, 0.5) is 0 Å². The number of rotatable bonds is 1. The van der Waals surface area contributed by atoms with Crippen molar-refractivity contribution in [3.8, 4) is 0 Å². The van der Waals surface area contributed by atoms with Gasteiger partial charge < -0.3 is 10.7 Å². The number of carbonyl (C=O) groups is 1. The molecular formula is C9H8N4OS. The SMILES string of the molecule is NC(=S)NC(=O)c1c[nH]c2ncccc12. The molecule has 0 aliphatic carbocycles. The molecule has 0 radical (unpaired) electrons. The number of aromatic amines is 1. The van der Waals surface area contributed by atoms with Crippen LogP contribution >= 0.6 is 12.2 Å². The highest BCUT2D eigenvalue weighted by atomic mass is 32.1. The lowest BCUT2D eigenvalue weighted by Crippen LogP contribution is -2.34. The van der Waals surface area contributed by atoms with Gasteiger partial charge in [-0.2, -0.15) is 0 Å². The number of nitrogens with two attached hydrogens (primary N) is 1. The highest BCUT2D eigenvalue weighted by molar-refractivity contribution is 7.80. The van der Waals surface area contributed by atoms with E-state index in [1.54, 1.807) is 24.5 Å². The summed E-state index contributed by atoms with van der Waals surface area (Å²) in [6, 6.07) is 3.56. The van der Waals surface area contributed by atoms with Crippen molar-refractivity contribution >= 4 is 34.3 Å². The predicted octanol–water partition coefficient (Wildman–Crippen LogP) is 0.536. The quantitative estimate of drug-likeness (QED) is 0.612. The molecule has 1 amide bonds. The van der Waals surface area contributed by atoms with Crippen LogP contribution < -0.4 is 11.1 Å². The summed E-state index contributed by atoms with van der Waals surface area (Å²) in [5.74, 6) is -0.332. The Morgan fingerprint density at radius 3 is 3.13 bits per heavy atom. The number of pyridine rings is 1. The fourth-order valence-electron chi connectivity index (χ4n) is 1.32. The van der Waals surface area contributed by atoms with Crippen LogP contribution in [0.1, 0.15) is 10.4 Å². The van der Waals surface area contributed by atoms with Gasteiger partial charge in [-0.1, -0.05) is 0 Å². The second-order valence-electron chi connectivity index (χ2n) is 2.92. The van der Waals surface area contributed by atoms with E-state index in [1.807, 2.05) is 0 Å². The minimum atomic E-state index is -0.332. The largest absolute Gasteiger partial charge is 0.376 e. The first-order valence-electron chi connectivity index (χ1n) is 4.21. The first kappa shape index (κ1) is 9.60. The standard InChI is InChI=1S/C9H8N4OS/c10-9(15)13-8(14)6-4-12-7-5(6)2-1-3-11-7/h1-4H,(H,11,12)(H3,10,13,14,15). The van der Waals surface area contributed by atoms with Gasteiger partial charge in [0.25, 0.3) is 5.91 Å². The predicted molar refractivity (Wildman–Crippen MR) is 60.3 cm³/mol. The molecule has 15 heavy (non-hydrogen) atoms. The van der Waals surface area contributed by atoms with Crippen LogP contribution in [0.15, 0.2) is 24.5 Å². The molecule has 6 heteroatoms. The van der Waals surface area contributed by atoms with Gasteiger partial charge in [-0.25, -0.2) is 4.98 Å². The smallest absolute Gasteiger partial charge is 0.259 e. The molecule has 2 rings (SSSR count). The molecule has 4 N–H and O–H groups in total. The van der Waals surface area contributed by atoms with Crippen molar-refractivity contribution in [1.29, 1.82) is 0 Å². The average Bonchev–Trinajstić information content (AvgIpc) is 2.59. The lowest BCUT2D eigenvalue weighted by molar-refractivity contribution is 0.0979. The monoisotopic (exact) mass is 220 g/mol. The summed E-state index contributed by atoms with van der Waals surface area (Å²) in [6.45, 7) is 0. The molecule has 76 valence electrons. The molecule has 0 fully saturated rings. The zero-order valence-electron chi connectivity index (χ0n) is 7.65. The first-order chi connectivity index (χ1) is 7.18. The van der Waals surface area contributed by atoms with Crippen LogP contribution in [0.2, 0.25) is 0 Å². The Labute approximate surface area is 90.7 Å². The lowest BCUT2D eigenvalue weighted by Gasteiger charge is -1.99. The van der Waals surface area contributed by atoms with Crippen LogP contribution in [0.5, 0.6) is 0 Å². The molecule has 0 atom stereocenters. The number of nitrogens with one attached hydrogen (secondary N) is 2. The molecule has 0 aromatic carbocycles. The van der Waals surface area contributed by atoms with E-state index in [-0.39, 0.29) is 11.0 Å². The van der Waals surface area contributed by atoms with Crippen molar-refractivity contribution in [1.82, 2.24) is 15.3 Å². The lowest BCUT2D eigenvalue weighted by atomic mass is 10.2. The summed E-state index contributed by atoms with van der Waals surface area (Å²) in [4.78, 5) is 18.6. The second kappa shape index (κ2) is 3.66. The van der Waals surface area contributed by atoms with E-state index in [2.05, 4.69) is 27.5 Å². The van der Waals surface area contributed by atoms with Gasteiger partial charge in [-0.3, -0.25) is 10.1 Å². The summed E-state index contributed by atoms with van der Waals surface area (Å²) < 4.78 is 0. The minimum absolute atomic E-state index is 0.0433. The molecule has 0 saturated heterocycles. The number of hydrogen-bond acceptors (Lipinski definition) is 3. The average molecular weight is 220 g/mol. The number of carbonyl (C=O) groups excluding carboxylic acids is 1. The molecule has 2 aromatic rings. The topological polar surface area (TPSA) is 83.8 Å². The maximum Gasteiger partial charge on any atom is 0.259 e. The summed E-state index contributed by atoms with van der Waals surface area (Å²) in [6.07, 6.45) is 3.22. The molecule has 0 aliphatic heterocycles. The van der Waals surface area contributed by atoms with Gasteiger partial charge in [0.15, 0.2) is 5.11 Å². The summed E-state index contributed by atoms with van der Waals surface area (Å²) in [5.41, 5.74) is 6.35. The third-order valence-corrected chi connectivity index (χ3v) is 2.03. The molecule has 0 spiro atoms. The normalized spacial score (nSPS) is 10.1. The van der Waals surface area contributed by atoms with Gasteiger partial charge in [0.05, 0.1) is 5.56 Å². The van der Waals surface area contributed by atoms with E-state index in [9.17, 15) is 4.79 Å². The Morgan fingerprint density at radius 2 is 2.40 bits per heavy atom. The maximum absolute atomic E-state index is 11.6. The Hall–Kier alpha value is -1.95. The van der Waals surface area contributed by atoms with Gasteiger partial charge in [0, 0.05) is 17.8 Å². The van der Waals surface area contributed by atoms with Crippen LogP contribution in [0, 0.1) is 0 Å². The van der Waals surface area contributed by atoms with Crippen molar-refractivity contribution < 1.29 is 4.79 Å². The van der Waals surface area contributed by atoms with E-state index < -0.39 is 0 Å². The van der Waals surface area contributed by atoms with Crippen LogP contribution in [-0.2, 0) is 0 Å². The summed E-state index contributed by atoms with van der Waals surface area (Å²) in [5, 5.41) is 3.06. The molecule has 2 aromatic heterocycles. The van der Waals surface area contributed by atoms with Crippen LogP contribution in [-0.4, -0.2) is 21.0 Å². The number of nitrogens with zero attached hydrogens (tertiary/aromatic N) is 1. The third-order valence-electron chi connectivity index (χ3n) is 1.93. The molecule has 0 bridgehead atoms. The van der Waals surface area contributed by atoms with Crippen molar-refractivity contribution in [3.05, 3.63) is 30.1 Å².